The van der Waals surface area contributed by atoms with E-state index in [9.17, 15) is 0 Å². The Morgan fingerprint density at radius 2 is 1.34 bits per heavy atom. The predicted molar refractivity (Wildman–Crippen MR) is 135 cm³/mol. The van der Waals surface area contributed by atoms with Crippen molar-refractivity contribution in [3.8, 4) is 0 Å². The van der Waals surface area contributed by atoms with Gasteiger partial charge >= 0.3 is 0 Å². The number of hydrogen-bond donors (Lipinski definition) is 0. The number of aryl methyl sites for hydroxylation is 3. The number of para-hydroxylation sites is 3. The Labute approximate surface area is 188 Å². The fraction of sp³-hybridized carbons (Fsp3) is 0.172. The van der Waals surface area contributed by atoms with Crippen molar-refractivity contribution in [2.45, 2.75) is 33.9 Å². The molecule has 6 rings (SSSR count). The molecule has 32 heavy (non-hydrogen) atoms. The molecule has 1 unspecified atom stereocenters. The first-order valence-corrected chi connectivity index (χ1v) is 11.2. The number of hydrogen-bond acceptors (Lipinski definition) is 3. The maximum Gasteiger partial charge on any atom is 0.159 e. The zero-order valence-corrected chi connectivity index (χ0v) is 18.9. The van der Waals surface area contributed by atoms with Gasteiger partial charge in [0.15, 0.2) is 5.58 Å². The zero-order chi connectivity index (χ0) is 22.0. The van der Waals surface area contributed by atoms with Crippen LogP contribution in [-0.4, -0.2) is 6.17 Å². The van der Waals surface area contributed by atoms with Gasteiger partial charge in [-0.2, -0.15) is 0 Å². The Kier molecular flexibility index (Phi) is 4.09. The van der Waals surface area contributed by atoms with Crippen LogP contribution in [0.2, 0.25) is 0 Å². The molecule has 0 bridgehead atoms. The van der Waals surface area contributed by atoms with E-state index in [4.69, 9.17) is 4.42 Å². The third-order valence-corrected chi connectivity index (χ3v) is 6.60. The smallest absolute Gasteiger partial charge is 0.159 e. The Morgan fingerprint density at radius 3 is 2.09 bits per heavy atom. The second-order valence-corrected chi connectivity index (χ2v) is 8.91. The molecule has 1 aromatic heterocycles. The first-order valence-electron chi connectivity index (χ1n) is 11.2. The molecular formula is C29H26N2O. The van der Waals surface area contributed by atoms with Gasteiger partial charge in [0.25, 0.3) is 0 Å². The molecule has 158 valence electrons. The summed E-state index contributed by atoms with van der Waals surface area (Å²) in [4.78, 5) is 4.88. The molecule has 5 aromatic rings. The number of rotatable bonds is 2. The number of nitrogens with zero attached hydrogens (tertiary/aromatic N) is 2. The van der Waals surface area contributed by atoms with E-state index in [1.165, 1.54) is 33.8 Å². The summed E-state index contributed by atoms with van der Waals surface area (Å²) in [5.41, 5.74) is 10.4. The highest BCUT2D eigenvalue weighted by atomic mass is 16.3. The van der Waals surface area contributed by atoms with E-state index in [0.29, 0.717) is 0 Å². The van der Waals surface area contributed by atoms with Crippen molar-refractivity contribution >= 4 is 44.7 Å². The Hall–Kier alpha value is -3.72. The van der Waals surface area contributed by atoms with E-state index in [-0.39, 0.29) is 6.17 Å². The summed E-state index contributed by atoms with van der Waals surface area (Å²) in [7, 11) is 0. The summed E-state index contributed by atoms with van der Waals surface area (Å²) in [5.74, 6) is 0. The van der Waals surface area contributed by atoms with Crippen molar-refractivity contribution in [1.82, 2.24) is 0 Å². The van der Waals surface area contributed by atoms with Gasteiger partial charge in [-0.15, -0.1) is 0 Å². The topological polar surface area (TPSA) is 19.6 Å². The molecule has 3 heteroatoms. The molecule has 2 heterocycles. The molecule has 4 aromatic carbocycles. The van der Waals surface area contributed by atoms with E-state index >= 15 is 0 Å². The molecule has 0 radical (unpaired) electrons. The van der Waals surface area contributed by atoms with Crippen LogP contribution < -0.4 is 9.80 Å². The van der Waals surface area contributed by atoms with E-state index in [0.717, 1.165) is 27.6 Å². The predicted octanol–water partition coefficient (Wildman–Crippen LogP) is 8.15. The minimum Gasteiger partial charge on any atom is -0.454 e. The molecule has 0 amide bonds. The molecule has 1 aliphatic rings. The van der Waals surface area contributed by atoms with E-state index in [1.54, 1.807) is 0 Å². The first kappa shape index (κ1) is 19.0. The Balaban J connectivity index is 1.61. The van der Waals surface area contributed by atoms with E-state index in [1.807, 2.05) is 6.07 Å². The first-order chi connectivity index (χ1) is 15.5. The van der Waals surface area contributed by atoms with Crippen LogP contribution in [0.4, 0.5) is 22.7 Å². The average Bonchev–Trinajstić information content (AvgIpc) is 3.28. The quantitative estimate of drug-likeness (QED) is 0.288. The van der Waals surface area contributed by atoms with Crippen LogP contribution >= 0.6 is 0 Å². The highest BCUT2D eigenvalue weighted by Gasteiger charge is 2.37. The standard InChI is InChI=1S/C29H26N2O/c1-18-15-19(2)17-22(16-18)30-21(4)31(26-11-7-6-10-25(26)30)28-20(3)13-14-24-23-9-5-8-12-27(23)32-29(24)28/h5-17,21H,1-4H3. The molecule has 3 nitrogen and oxygen atoms in total. The highest BCUT2D eigenvalue weighted by molar-refractivity contribution is 6.11. The maximum atomic E-state index is 6.46. The summed E-state index contributed by atoms with van der Waals surface area (Å²) in [6.07, 6.45) is 0.103. The molecule has 0 saturated carbocycles. The SMILES string of the molecule is Cc1cc(C)cc(N2c3ccccc3N(c3c(C)ccc4c3oc3ccccc34)C2C)c1. The minimum atomic E-state index is 0.103. The largest absolute Gasteiger partial charge is 0.454 e. The van der Waals surface area contributed by atoms with Crippen molar-refractivity contribution < 1.29 is 4.42 Å². The van der Waals surface area contributed by atoms with Crippen molar-refractivity contribution in [1.29, 1.82) is 0 Å². The fourth-order valence-corrected chi connectivity index (χ4v) is 5.31. The summed E-state index contributed by atoms with van der Waals surface area (Å²) >= 11 is 0. The summed E-state index contributed by atoms with van der Waals surface area (Å²) in [6, 6.07) is 28.2. The van der Waals surface area contributed by atoms with Crippen molar-refractivity contribution in [3.05, 3.63) is 95.6 Å². The van der Waals surface area contributed by atoms with Gasteiger partial charge in [-0.1, -0.05) is 48.5 Å². The van der Waals surface area contributed by atoms with Crippen LogP contribution in [0.15, 0.2) is 83.3 Å². The molecular weight excluding hydrogens is 392 g/mol. The van der Waals surface area contributed by atoms with Gasteiger partial charge in [-0.05, 0) is 74.7 Å². The van der Waals surface area contributed by atoms with Crippen LogP contribution in [-0.2, 0) is 0 Å². The molecule has 0 fully saturated rings. The fourth-order valence-electron chi connectivity index (χ4n) is 5.31. The molecule has 0 spiro atoms. The summed E-state index contributed by atoms with van der Waals surface area (Å²) in [5, 5.41) is 2.32. The lowest BCUT2D eigenvalue weighted by atomic mass is 10.1. The van der Waals surface area contributed by atoms with Crippen molar-refractivity contribution in [2.24, 2.45) is 0 Å². The molecule has 0 N–H and O–H groups in total. The van der Waals surface area contributed by atoms with Gasteiger partial charge in [0, 0.05) is 16.5 Å². The van der Waals surface area contributed by atoms with Gasteiger partial charge in [0.1, 0.15) is 11.7 Å². The van der Waals surface area contributed by atoms with Gasteiger partial charge in [0.05, 0.1) is 17.1 Å². The lowest BCUT2D eigenvalue weighted by molar-refractivity contribution is 0.663. The average molecular weight is 419 g/mol. The Bertz CT molecular complexity index is 1480. The third kappa shape index (κ3) is 2.67. The number of benzene rings is 4. The van der Waals surface area contributed by atoms with Crippen molar-refractivity contribution in [2.75, 3.05) is 9.80 Å². The maximum absolute atomic E-state index is 6.46. The van der Waals surface area contributed by atoms with Crippen LogP contribution in [0.25, 0.3) is 21.9 Å². The summed E-state index contributed by atoms with van der Waals surface area (Å²) < 4.78 is 6.46. The van der Waals surface area contributed by atoms with E-state index < -0.39 is 0 Å². The second kappa shape index (κ2) is 6.89. The van der Waals surface area contributed by atoms with E-state index in [2.05, 4.69) is 110 Å². The van der Waals surface area contributed by atoms with Crippen LogP contribution in [0.3, 0.4) is 0 Å². The van der Waals surface area contributed by atoms with Gasteiger partial charge in [0.2, 0.25) is 0 Å². The monoisotopic (exact) mass is 418 g/mol. The van der Waals surface area contributed by atoms with Crippen LogP contribution in [0, 0.1) is 20.8 Å². The highest BCUT2D eigenvalue weighted by Crippen LogP contribution is 2.50. The lowest BCUT2D eigenvalue weighted by Gasteiger charge is -2.31. The molecule has 1 aliphatic heterocycles. The van der Waals surface area contributed by atoms with Gasteiger partial charge < -0.3 is 14.2 Å². The number of furan rings is 1. The minimum absolute atomic E-state index is 0.103. The normalized spacial score (nSPS) is 15.7. The second-order valence-electron chi connectivity index (χ2n) is 8.91. The lowest BCUT2D eigenvalue weighted by Crippen LogP contribution is -2.35. The third-order valence-electron chi connectivity index (χ3n) is 6.60. The molecule has 1 atom stereocenters. The zero-order valence-electron chi connectivity index (χ0n) is 18.9. The van der Waals surface area contributed by atoms with Crippen LogP contribution in [0.1, 0.15) is 23.6 Å². The molecule has 0 saturated heterocycles. The molecule has 0 aliphatic carbocycles. The van der Waals surface area contributed by atoms with Crippen molar-refractivity contribution in [3.63, 3.8) is 0 Å². The van der Waals surface area contributed by atoms with Gasteiger partial charge in [-0.3, -0.25) is 0 Å². The summed E-state index contributed by atoms with van der Waals surface area (Å²) in [6.45, 7) is 8.79. The van der Waals surface area contributed by atoms with Gasteiger partial charge in [-0.25, -0.2) is 0 Å². The van der Waals surface area contributed by atoms with Crippen LogP contribution in [0.5, 0.6) is 0 Å². The Morgan fingerprint density at radius 1 is 0.688 bits per heavy atom. The number of anilines is 4. The number of fused-ring (bicyclic) bond motifs is 4.